The van der Waals surface area contributed by atoms with Gasteiger partial charge in [-0.15, -0.1) is 11.3 Å². The van der Waals surface area contributed by atoms with Gasteiger partial charge in [0.25, 0.3) is 0 Å². The minimum absolute atomic E-state index is 0.613. The minimum atomic E-state index is 0.613. The summed E-state index contributed by atoms with van der Waals surface area (Å²) < 4.78 is 7.26. The Labute approximate surface area is 303 Å². The first-order valence-electron chi connectivity index (χ1n) is 17.1. The predicted molar refractivity (Wildman–Crippen MR) is 213 cm³/mol. The van der Waals surface area contributed by atoms with Crippen LogP contribution in [0.4, 0.5) is 0 Å². The molecule has 0 atom stereocenters. The van der Waals surface area contributed by atoms with E-state index < -0.39 is 0 Å². The van der Waals surface area contributed by atoms with Crippen molar-refractivity contribution < 1.29 is 4.42 Å². The highest BCUT2D eigenvalue weighted by Crippen LogP contribution is 2.36. The lowest BCUT2D eigenvalue weighted by molar-refractivity contribution is 0.669. The number of aromatic nitrogens is 4. The number of para-hydroxylation sites is 1. The Balaban J connectivity index is 0.994. The quantitative estimate of drug-likeness (QED) is 0.174. The van der Waals surface area contributed by atoms with E-state index in [1.165, 1.54) is 10.3 Å². The summed E-state index contributed by atoms with van der Waals surface area (Å²) in [5.41, 5.74) is 11.2. The van der Waals surface area contributed by atoms with Crippen LogP contribution < -0.4 is 0 Å². The Bertz CT molecular complexity index is 2900. The molecule has 0 saturated heterocycles. The second kappa shape index (κ2) is 12.5. The van der Waals surface area contributed by atoms with Gasteiger partial charge in [-0.3, -0.25) is 0 Å². The number of hydrogen-bond acceptors (Lipinski definition) is 6. The lowest BCUT2D eigenvalue weighted by Gasteiger charge is -2.10. The zero-order valence-electron chi connectivity index (χ0n) is 27.8. The fourth-order valence-corrected chi connectivity index (χ4v) is 7.72. The summed E-state index contributed by atoms with van der Waals surface area (Å²) in [7, 11) is 0. The van der Waals surface area contributed by atoms with E-state index in [1.807, 2.05) is 66.7 Å². The molecule has 0 aliphatic carbocycles. The molecule has 0 saturated carbocycles. The van der Waals surface area contributed by atoms with Crippen LogP contribution in [0.2, 0.25) is 0 Å². The van der Waals surface area contributed by atoms with Crippen LogP contribution in [-0.2, 0) is 0 Å². The minimum Gasteiger partial charge on any atom is -0.456 e. The van der Waals surface area contributed by atoms with Crippen molar-refractivity contribution >= 4 is 43.5 Å². The summed E-state index contributed by atoms with van der Waals surface area (Å²) in [6.07, 6.45) is 0. The third-order valence-electron chi connectivity index (χ3n) is 9.38. The number of fused-ring (bicyclic) bond motifs is 4. The molecule has 3 heterocycles. The maximum absolute atomic E-state index is 6.09. The highest BCUT2D eigenvalue weighted by Gasteiger charge is 2.15. The van der Waals surface area contributed by atoms with Crippen molar-refractivity contribution in [3.05, 3.63) is 170 Å². The molecule has 0 aliphatic rings. The Hall–Kier alpha value is -6.76. The molecule has 10 aromatic rings. The van der Waals surface area contributed by atoms with E-state index in [1.54, 1.807) is 11.3 Å². The molecule has 0 spiro atoms. The van der Waals surface area contributed by atoms with Crippen LogP contribution in [0.15, 0.2) is 174 Å². The summed E-state index contributed by atoms with van der Waals surface area (Å²) in [6.45, 7) is 0. The molecule has 3 aromatic heterocycles. The van der Waals surface area contributed by atoms with Gasteiger partial charge in [-0.1, -0.05) is 127 Å². The summed E-state index contributed by atoms with van der Waals surface area (Å²) in [6, 6.07) is 58.3. The van der Waals surface area contributed by atoms with Gasteiger partial charge in [0.05, 0.1) is 10.2 Å². The van der Waals surface area contributed by atoms with Gasteiger partial charge in [0.15, 0.2) is 17.5 Å². The molecule has 7 aromatic carbocycles. The number of furan rings is 1. The first-order chi connectivity index (χ1) is 25.7. The fraction of sp³-hybridized carbons (Fsp3) is 0. The Morgan fingerprint density at radius 1 is 0.346 bits per heavy atom. The normalized spacial score (nSPS) is 11.5. The molecule has 6 heteroatoms. The van der Waals surface area contributed by atoms with Gasteiger partial charge in [-0.05, 0) is 64.7 Å². The van der Waals surface area contributed by atoms with E-state index in [4.69, 9.17) is 24.4 Å². The Kier molecular flexibility index (Phi) is 7.25. The van der Waals surface area contributed by atoms with Crippen molar-refractivity contribution in [3.8, 4) is 67.0 Å². The van der Waals surface area contributed by atoms with Gasteiger partial charge in [0, 0.05) is 33.0 Å². The number of rotatable bonds is 6. The molecule has 10 rings (SSSR count). The monoisotopic (exact) mass is 684 g/mol. The predicted octanol–water partition coefficient (Wildman–Crippen LogP) is 12.4. The van der Waals surface area contributed by atoms with Gasteiger partial charge in [-0.2, -0.15) is 0 Å². The van der Waals surface area contributed by atoms with Crippen LogP contribution in [0.25, 0.3) is 99.1 Å². The van der Waals surface area contributed by atoms with E-state index in [-0.39, 0.29) is 0 Å². The van der Waals surface area contributed by atoms with E-state index in [2.05, 4.69) is 103 Å². The van der Waals surface area contributed by atoms with Crippen molar-refractivity contribution in [2.75, 3.05) is 0 Å². The molecule has 5 nitrogen and oxygen atoms in total. The molecule has 0 radical (unpaired) electrons. The van der Waals surface area contributed by atoms with Gasteiger partial charge < -0.3 is 4.42 Å². The van der Waals surface area contributed by atoms with Gasteiger partial charge in [0.1, 0.15) is 16.2 Å². The molecule has 0 unspecified atom stereocenters. The topological polar surface area (TPSA) is 64.7 Å². The average Bonchev–Trinajstić information content (AvgIpc) is 3.83. The third-order valence-corrected chi connectivity index (χ3v) is 10.5. The third kappa shape index (κ3) is 5.52. The van der Waals surface area contributed by atoms with Crippen molar-refractivity contribution in [3.63, 3.8) is 0 Å². The summed E-state index contributed by atoms with van der Waals surface area (Å²) in [4.78, 5) is 19.8. The fourth-order valence-electron chi connectivity index (χ4n) is 6.71. The van der Waals surface area contributed by atoms with Crippen molar-refractivity contribution in [1.29, 1.82) is 0 Å². The zero-order valence-corrected chi connectivity index (χ0v) is 28.6. The van der Waals surface area contributed by atoms with E-state index in [9.17, 15) is 0 Å². The van der Waals surface area contributed by atoms with Gasteiger partial charge >= 0.3 is 0 Å². The first-order valence-corrected chi connectivity index (χ1v) is 17.9. The summed E-state index contributed by atoms with van der Waals surface area (Å²) >= 11 is 1.73. The SMILES string of the molecule is c1ccc(-c2nc(-c3ccc(-c4cccc(-c5ccc6nc(-c7ccccc7)sc6c5)c4)cc3)nc(-c3ccc4oc5ccccc5c4c3)n2)cc1. The molecule has 0 amide bonds. The van der Waals surface area contributed by atoms with Crippen LogP contribution in [0.5, 0.6) is 0 Å². The smallest absolute Gasteiger partial charge is 0.164 e. The molecule has 0 bridgehead atoms. The molecule has 0 N–H and O–H groups in total. The second-order valence-corrected chi connectivity index (χ2v) is 13.7. The molecule has 0 aliphatic heterocycles. The van der Waals surface area contributed by atoms with Crippen molar-refractivity contribution in [2.45, 2.75) is 0 Å². The second-order valence-electron chi connectivity index (χ2n) is 12.7. The van der Waals surface area contributed by atoms with Crippen LogP contribution in [0, 0.1) is 0 Å². The summed E-state index contributed by atoms with van der Waals surface area (Å²) in [5.74, 6) is 1.86. The van der Waals surface area contributed by atoms with Crippen LogP contribution in [0.3, 0.4) is 0 Å². The van der Waals surface area contributed by atoms with Crippen molar-refractivity contribution in [2.24, 2.45) is 0 Å². The lowest BCUT2D eigenvalue weighted by atomic mass is 9.98. The lowest BCUT2D eigenvalue weighted by Crippen LogP contribution is -2.00. The van der Waals surface area contributed by atoms with Gasteiger partial charge in [-0.25, -0.2) is 19.9 Å². The Morgan fingerprint density at radius 3 is 1.65 bits per heavy atom. The van der Waals surface area contributed by atoms with E-state index >= 15 is 0 Å². The van der Waals surface area contributed by atoms with E-state index in [0.717, 1.165) is 71.4 Å². The maximum Gasteiger partial charge on any atom is 0.164 e. The largest absolute Gasteiger partial charge is 0.456 e. The zero-order chi connectivity index (χ0) is 34.4. The molecule has 0 fully saturated rings. The highest BCUT2D eigenvalue weighted by atomic mass is 32.1. The number of thiazole rings is 1. The van der Waals surface area contributed by atoms with Crippen LogP contribution in [0.1, 0.15) is 0 Å². The standard InChI is InChI=1S/C46H28N4OS/c1-3-10-30(11-4-1)43-48-44(50-45(49-43)36-23-25-41-38(27-36)37-16-7-8-17-40(37)51-41)31-20-18-29(19-21-31)33-14-9-15-34(26-33)35-22-24-39-42(28-35)52-46(47-39)32-12-5-2-6-13-32/h1-28H. The number of benzene rings is 7. The number of nitrogens with zero attached hydrogens (tertiary/aromatic N) is 4. The van der Waals surface area contributed by atoms with Gasteiger partial charge in [0.2, 0.25) is 0 Å². The molecular formula is C46H28N4OS. The molecular weight excluding hydrogens is 657 g/mol. The molecule has 244 valence electrons. The van der Waals surface area contributed by atoms with E-state index in [0.29, 0.717) is 17.5 Å². The molecule has 52 heavy (non-hydrogen) atoms. The highest BCUT2D eigenvalue weighted by molar-refractivity contribution is 7.21. The first kappa shape index (κ1) is 30.1. The Morgan fingerprint density at radius 2 is 0.885 bits per heavy atom. The number of hydrogen-bond donors (Lipinski definition) is 0. The average molecular weight is 685 g/mol. The van der Waals surface area contributed by atoms with Crippen LogP contribution in [-0.4, -0.2) is 19.9 Å². The maximum atomic E-state index is 6.09. The van der Waals surface area contributed by atoms with Crippen LogP contribution >= 0.6 is 11.3 Å². The van der Waals surface area contributed by atoms with Crippen molar-refractivity contribution in [1.82, 2.24) is 19.9 Å². The summed E-state index contributed by atoms with van der Waals surface area (Å²) in [5, 5.41) is 3.14.